The number of carbonyl (C=O) groups is 1. The van der Waals surface area contributed by atoms with E-state index in [1.807, 2.05) is 6.07 Å². The van der Waals surface area contributed by atoms with Crippen LogP contribution in [0.1, 0.15) is 31.2 Å². The molecule has 0 bridgehead atoms. The van der Waals surface area contributed by atoms with E-state index in [9.17, 15) is 9.59 Å². The molecule has 39 heavy (non-hydrogen) atoms. The zero-order chi connectivity index (χ0) is 27.7. The normalized spacial score (nSPS) is 17.6. The third kappa shape index (κ3) is 5.15. The van der Waals surface area contributed by atoms with Crippen LogP contribution in [0.2, 0.25) is 0 Å². The lowest BCUT2D eigenvalue weighted by atomic mass is 9.95. The third-order valence-electron chi connectivity index (χ3n) is 6.51. The van der Waals surface area contributed by atoms with Crippen LogP contribution in [0.15, 0.2) is 54.2 Å². The molecule has 12 heteroatoms. The number of thiazole rings is 1. The van der Waals surface area contributed by atoms with E-state index in [0.717, 1.165) is 4.47 Å². The molecular weight excluding hydrogens is 590 g/mol. The number of fused-ring (bicyclic) bond motifs is 1. The highest BCUT2D eigenvalue weighted by Crippen LogP contribution is 2.37. The first kappa shape index (κ1) is 27.2. The summed E-state index contributed by atoms with van der Waals surface area (Å²) in [7, 11) is 3.09. The number of aromatic nitrogens is 1. The number of benzene rings is 1. The van der Waals surface area contributed by atoms with Crippen molar-refractivity contribution in [3.05, 3.63) is 71.0 Å². The van der Waals surface area contributed by atoms with Gasteiger partial charge in [-0.2, -0.15) is 0 Å². The lowest BCUT2D eigenvalue weighted by molar-refractivity contribution is -0.139. The number of ether oxygens (including phenoxy) is 4. The second-order valence-electron chi connectivity index (χ2n) is 8.81. The first-order chi connectivity index (χ1) is 18.9. The van der Waals surface area contributed by atoms with Crippen molar-refractivity contribution < 1.29 is 28.2 Å². The van der Waals surface area contributed by atoms with Crippen LogP contribution in [-0.2, 0) is 14.3 Å². The van der Waals surface area contributed by atoms with Gasteiger partial charge in [0.2, 0.25) is 5.88 Å². The van der Waals surface area contributed by atoms with Crippen LogP contribution in [0.5, 0.6) is 11.5 Å². The van der Waals surface area contributed by atoms with Gasteiger partial charge < -0.3 is 28.3 Å². The molecule has 5 rings (SSSR count). The van der Waals surface area contributed by atoms with Crippen LogP contribution in [0, 0.1) is 0 Å². The Morgan fingerprint density at radius 2 is 2.00 bits per heavy atom. The fourth-order valence-electron chi connectivity index (χ4n) is 4.69. The van der Waals surface area contributed by atoms with Crippen molar-refractivity contribution in [2.24, 2.45) is 4.99 Å². The van der Waals surface area contributed by atoms with Crippen LogP contribution in [0.4, 0.5) is 5.88 Å². The first-order valence-electron chi connectivity index (χ1n) is 12.4. The Labute approximate surface area is 236 Å². The minimum atomic E-state index is -0.810. The molecule has 0 N–H and O–H groups in total. The second-order valence-corrected chi connectivity index (χ2v) is 10.7. The number of hydrogen-bond acceptors (Lipinski definition) is 10. The number of allylic oxidation sites excluding steroid dienone is 1. The Bertz CT molecular complexity index is 1610. The van der Waals surface area contributed by atoms with Gasteiger partial charge in [0.1, 0.15) is 23.3 Å². The maximum absolute atomic E-state index is 13.9. The molecule has 1 fully saturated rings. The molecule has 0 saturated carbocycles. The molecule has 1 saturated heterocycles. The molecule has 0 unspecified atom stereocenters. The zero-order valence-electron chi connectivity index (χ0n) is 22.0. The number of methoxy groups -OCH3 is 2. The number of halogens is 1. The SMILES string of the molecule is CCOC(=O)C1=C(C)N=c2s/c(=C/c3cc(Br)c(N4CCOCC4)o3)c(=O)n2[C@H]1c1ccc(OC)cc1OC. The van der Waals surface area contributed by atoms with Crippen molar-refractivity contribution in [2.75, 3.05) is 52.0 Å². The summed E-state index contributed by atoms with van der Waals surface area (Å²) in [4.78, 5) is 34.3. The molecule has 2 aliphatic heterocycles. The average molecular weight is 619 g/mol. The lowest BCUT2D eigenvalue weighted by Crippen LogP contribution is -2.40. The predicted molar refractivity (Wildman–Crippen MR) is 149 cm³/mol. The summed E-state index contributed by atoms with van der Waals surface area (Å²) in [5, 5.41) is 0. The largest absolute Gasteiger partial charge is 0.497 e. The Morgan fingerprint density at radius 3 is 2.69 bits per heavy atom. The Hall–Kier alpha value is -3.35. The summed E-state index contributed by atoms with van der Waals surface area (Å²) in [6, 6.07) is 6.30. The molecule has 2 aromatic heterocycles. The van der Waals surface area contributed by atoms with E-state index in [0.29, 0.717) is 70.0 Å². The van der Waals surface area contributed by atoms with Crippen molar-refractivity contribution in [3.63, 3.8) is 0 Å². The highest BCUT2D eigenvalue weighted by molar-refractivity contribution is 9.10. The molecule has 3 aromatic rings. The average Bonchev–Trinajstić information content (AvgIpc) is 3.46. The topological polar surface area (TPSA) is 105 Å². The monoisotopic (exact) mass is 617 g/mol. The van der Waals surface area contributed by atoms with Crippen LogP contribution in [0.3, 0.4) is 0 Å². The molecule has 206 valence electrons. The molecular formula is C27H28BrN3O7S. The number of morpholine rings is 1. The number of carbonyl (C=O) groups excluding carboxylic acids is 1. The van der Waals surface area contributed by atoms with Crippen LogP contribution < -0.4 is 29.3 Å². The summed E-state index contributed by atoms with van der Waals surface area (Å²) in [5.74, 6) is 1.73. The fraction of sp³-hybridized carbons (Fsp3) is 0.370. The molecule has 4 heterocycles. The van der Waals surface area contributed by atoms with E-state index in [1.165, 1.54) is 23.0 Å². The molecule has 2 aliphatic rings. The smallest absolute Gasteiger partial charge is 0.338 e. The van der Waals surface area contributed by atoms with Gasteiger partial charge in [-0.05, 0) is 41.9 Å². The molecule has 0 spiro atoms. The van der Waals surface area contributed by atoms with Gasteiger partial charge in [0.15, 0.2) is 4.80 Å². The maximum Gasteiger partial charge on any atom is 0.338 e. The molecule has 0 aliphatic carbocycles. The number of hydrogen-bond donors (Lipinski definition) is 0. The second kappa shape index (κ2) is 11.4. The predicted octanol–water partition coefficient (Wildman–Crippen LogP) is 3.01. The van der Waals surface area contributed by atoms with Gasteiger partial charge in [0.25, 0.3) is 5.56 Å². The number of anilines is 1. The van der Waals surface area contributed by atoms with Crippen molar-refractivity contribution in [3.8, 4) is 11.5 Å². The number of rotatable bonds is 7. The van der Waals surface area contributed by atoms with Gasteiger partial charge in [-0.1, -0.05) is 11.3 Å². The van der Waals surface area contributed by atoms with E-state index in [2.05, 4.69) is 25.8 Å². The molecule has 1 atom stereocenters. The number of esters is 1. The van der Waals surface area contributed by atoms with Crippen molar-refractivity contribution in [2.45, 2.75) is 19.9 Å². The minimum absolute atomic E-state index is 0.186. The van der Waals surface area contributed by atoms with E-state index in [1.54, 1.807) is 45.2 Å². The molecule has 10 nitrogen and oxygen atoms in total. The van der Waals surface area contributed by atoms with Crippen molar-refractivity contribution in [1.82, 2.24) is 4.57 Å². The highest BCUT2D eigenvalue weighted by atomic mass is 79.9. The van der Waals surface area contributed by atoms with Gasteiger partial charge in [0, 0.05) is 36.9 Å². The number of nitrogens with zero attached hydrogens (tertiary/aromatic N) is 3. The minimum Gasteiger partial charge on any atom is -0.497 e. The Morgan fingerprint density at radius 1 is 1.23 bits per heavy atom. The first-order valence-corrected chi connectivity index (χ1v) is 14.0. The Kier molecular flexibility index (Phi) is 7.96. The van der Waals surface area contributed by atoms with Crippen molar-refractivity contribution >= 4 is 45.2 Å². The molecule has 0 amide bonds. The van der Waals surface area contributed by atoms with E-state index in [4.69, 9.17) is 23.4 Å². The van der Waals surface area contributed by atoms with Gasteiger partial charge >= 0.3 is 5.97 Å². The Balaban J connectivity index is 1.66. The van der Waals surface area contributed by atoms with Crippen molar-refractivity contribution in [1.29, 1.82) is 0 Å². The zero-order valence-corrected chi connectivity index (χ0v) is 24.4. The summed E-state index contributed by atoms with van der Waals surface area (Å²) in [6.45, 7) is 6.34. The highest BCUT2D eigenvalue weighted by Gasteiger charge is 2.35. The third-order valence-corrected chi connectivity index (χ3v) is 8.06. The summed E-state index contributed by atoms with van der Waals surface area (Å²) >= 11 is 4.80. The number of furan rings is 1. The van der Waals surface area contributed by atoms with Gasteiger partial charge in [-0.3, -0.25) is 9.36 Å². The molecule has 0 radical (unpaired) electrons. The van der Waals surface area contributed by atoms with Gasteiger partial charge in [-0.15, -0.1) is 0 Å². The quantitative estimate of drug-likeness (QED) is 0.373. The van der Waals surface area contributed by atoms with E-state index >= 15 is 0 Å². The maximum atomic E-state index is 13.9. The van der Waals surface area contributed by atoms with E-state index in [-0.39, 0.29) is 17.7 Å². The van der Waals surface area contributed by atoms with Crippen LogP contribution >= 0.6 is 27.3 Å². The van der Waals surface area contributed by atoms with Crippen LogP contribution in [-0.4, -0.2) is 57.7 Å². The molecule has 1 aromatic carbocycles. The van der Waals surface area contributed by atoms with Gasteiger partial charge in [-0.25, -0.2) is 9.79 Å². The lowest BCUT2D eigenvalue weighted by Gasteiger charge is -2.26. The van der Waals surface area contributed by atoms with E-state index < -0.39 is 12.0 Å². The summed E-state index contributed by atoms with van der Waals surface area (Å²) in [5.41, 5.74) is 1.05. The van der Waals surface area contributed by atoms with Crippen LogP contribution in [0.25, 0.3) is 6.08 Å². The summed E-state index contributed by atoms with van der Waals surface area (Å²) in [6.07, 6.45) is 1.70. The fourth-order valence-corrected chi connectivity index (χ4v) is 6.27. The summed E-state index contributed by atoms with van der Waals surface area (Å²) < 4.78 is 30.7. The standard InChI is InChI=1S/C27H28BrN3O7S/c1-5-37-26(33)22-15(2)29-27-31(23(22)18-7-6-16(34-3)13-20(18)35-4)24(32)21(39-27)14-17-12-19(28)25(38-17)30-8-10-36-11-9-30/h6-7,12-14,23H,5,8-11H2,1-4H3/b21-14+/t23-/m0/s1. The van der Waals surface area contributed by atoms with Gasteiger partial charge in [0.05, 0.1) is 54.3 Å².